The highest BCUT2D eigenvalue weighted by atomic mass is 16.5. The van der Waals surface area contributed by atoms with Gasteiger partial charge >= 0.3 is 5.97 Å². The molecule has 0 aliphatic heterocycles. The fraction of sp³-hybridized carbons (Fsp3) is 0.435. The van der Waals surface area contributed by atoms with Gasteiger partial charge in [0.1, 0.15) is 16.9 Å². The Morgan fingerprint density at radius 3 is 2.68 bits per heavy atom. The molecule has 0 aromatic carbocycles. The Bertz CT molecular complexity index is 1250. The van der Waals surface area contributed by atoms with Gasteiger partial charge in [-0.2, -0.15) is 4.99 Å². The zero-order valence-corrected chi connectivity index (χ0v) is 18.4. The zero-order valence-electron chi connectivity index (χ0n) is 18.4. The third-order valence-electron chi connectivity index (χ3n) is 4.83. The van der Waals surface area contributed by atoms with Gasteiger partial charge in [0.05, 0.1) is 12.0 Å². The SMILES string of the molecule is CCCCn1c(=NC(=O)CC(C)C)c(C(=O)OCC)cc2c(=O)n3ccccc3nc21. The zero-order chi connectivity index (χ0) is 22.5. The second-order valence-electron chi connectivity index (χ2n) is 7.79. The van der Waals surface area contributed by atoms with Crippen LogP contribution in [0.3, 0.4) is 0 Å². The van der Waals surface area contributed by atoms with Gasteiger partial charge in [-0.3, -0.25) is 14.0 Å². The number of unbranched alkanes of at least 4 members (excludes halogenated alkanes) is 1. The molecule has 0 saturated heterocycles. The molecule has 31 heavy (non-hydrogen) atoms. The third kappa shape index (κ3) is 4.73. The molecular formula is C23H28N4O4. The summed E-state index contributed by atoms with van der Waals surface area (Å²) in [6.45, 7) is 8.23. The Labute approximate surface area is 180 Å². The van der Waals surface area contributed by atoms with Crippen LogP contribution in [0.25, 0.3) is 16.7 Å². The van der Waals surface area contributed by atoms with Crippen molar-refractivity contribution < 1.29 is 14.3 Å². The highest BCUT2D eigenvalue weighted by Crippen LogP contribution is 2.13. The van der Waals surface area contributed by atoms with Crippen molar-refractivity contribution >= 4 is 28.6 Å². The smallest absolute Gasteiger partial charge is 0.341 e. The molecule has 164 valence electrons. The summed E-state index contributed by atoms with van der Waals surface area (Å²) in [6.07, 6.45) is 3.53. The molecule has 3 aromatic rings. The maximum Gasteiger partial charge on any atom is 0.341 e. The number of carbonyl (C=O) groups excluding carboxylic acids is 2. The van der Waals surface area contributed by atoms with Crippen LogP contribution in [-0.4, -0.2) is 32.4 Å². The number of ether oxygens (including phenoxy) is 1. The Balaban J connectivity index is 2.46. The normalized spacial score (nSPS) is 12.1. The summed E-state index contributed by atoms with van der Waals surface area (Å²) < 4.78 is 8.35. The summed E-state index contributed by atoms with van der Waals surface area (Å²) in [6, 6.07) is 6.74. The molecule has 0 bridgehead atoms. The molecule has 8 nitrogen and oxygen atoms in total. The van der Waals surface area contributed by atoms with Crippen LogP contribution in [0.4, 0.5) is 0 Å². The number of hydrogen-bond acceptors (Lipinski definition) is 5. The second kappa shape index (κ2) is 9.68. The minimum Gasteiger partial charge on any atom is -0.462 e. The molecule has 0 aliphatic rings. The van der Waals surface area contributed by atoms with E-state index in [2.05, 4.69) is 9.98 Å². The van der Waals surface area contributed by atoms with Gasteiger partial charge in [0.25, 0.3) is 5.56 Å². The second-order valence-corrected chi connectivity index (χ2v) is 7.79. The average Bonchev–Trinajstić information content (AvgIpc) is 2.72. The van der Waals surface area contributed by atoms with Crippen LogP contribution in [0.1, 0.15) is 57.3 Å². The van der Waals surface area contributed by atoms with Gasteiger partial charge in [-0.25, -0.2) is 9.78 Å². The van der Waals surface area contributed by atoms with E-state index in [1.165, 1.54) is 10.5 Å². The molecule has 0 aliphatic carbocycles. The van der Waals surface area contributed by atoms with Crippen LogP contribution in [0, 0.1) is 5.92 Å². The predicted octanol–water partition coefficient (Wildman–Crippen LogP) is 3.10. The molecule has 1 amide bonds. The first-order chi connectivity index (χ1) is 14.9. The van der Waals surface area contributed by atoms with E-state index < -0.39 is 5.97 Å². The number of amides is 1. The molecule has 0 atom stereocenters. The van der Waals surface area contributed by atoms with E-state index in [9.17, 15) is 14.4 Å². The first-order valence-corrected chi connectivity index (χ1v) is 10.7. The van der Waals surface area contributed by atoms with Gasteiger partial charge in [-0.15, -0.1) is 0 Å². The lowest BCUT2D eigenvalue weighted by Crippen LogP contribution is -2.33. The maximum atomic E-state index is 13.2. The van der Waals surface area contributed by atoms with Gasteiger partial charge in [0, 0.05) is 19.2 Å². The number of carbonyl (C=O) groups is 2. The van der Waals surface area contributed by atoms with E-state index in [-0.39, 0.29) is 46.8 Å². The fourth-order valence-corrected chi connectivity index (χ4v) is 3.40. The maximum absolute atomic E-state index is 13.2. The van der Waals surface area contributed by atoms with E-state index in [1.807, 2.05) is 20.8 Å². The highest BCUT2D eigenvalue weighted by molar-refractivity contribution is 5.93. The number of esters is 1. The summed E-state index contributed by atoms with van der Waals surface area (Å²) in [4.78, 5) is 47.5. The van der Waals surface area contributed by atoms with Crippen molar-refractivity contribution in [3.63, 3.8) is 0 Å². The van der Waals surface area contributed by atoms with Crippen molar-refractivity contribution in [1.29, 1.82) is 0 Å². The first kappa shape index (κ1) is 22.4. The summed E-state index contributed by atoms with van der Waals surface area (Å²) >= 11 is 0. The lowest BCUT2D eigenvalue weighted by atomic mass is 10.1. The monoisotopic (exact) mass is 424 g/mol. The van der Waals surface area contributed by atoms with Crippen LogP contribution in [0.15, 0.2) is 40.2 Å². The van der Waals surface area contributed by atoms with Crippen LogP contribution in [0.2, 0.25) is 0 Å². The molecule has 3 heterocycles. The summed E-state index contributed by atoms with van der Waals surface area (Å²) in [5, 5.41) is 0.276. The fourth-order valence-electron chi connectivity index (χ4n) is 3.40. The number of aryl methyl sites for hydroxylation is 1. The molecule has 3 aromatic heterocycles. The van der Waals surface area contributed by atoms with Crippen molar-refractivity contribution in [3.05, 3.63) is 51.9 Å². The molecule has 3 rings (SSSR count). The number of nitrogens with zero attached hydrogens (tertiary/aromatic N) is 4. The van der Waals surface area contributed by atoms with Gasteiger partial charge in [0.2, 0.25) is 5.91 Å². The summed E-state index contributed by atoms with van der Waals surface area (Å²) in [5.74, 6) is -0.829. The molecule has 0 unspecified atom stereocenters. The minimum absolute atomic E-state index is 0.0948. The topological polar surface area (TPSA) is 95.0 Å². The Morgan fingerprint density at radius 1 is 1.23 bits per heavy atom. The number of pyridine rings is 2. The number of hydrogen-bond donors (Lipinski definition) is 0. The van der Waals surface area contributed by atoms with Crippen LogP contribution in [0.5, 0.6) is 0 Å². The lowest BCUT2D eigenvalue weighted by molar-refractivity contribution is -0.118. The highest BCUT2D eigenvalue weighted by Gasteiger charge is 2.20. The molecule has 0 fully saturated rings. The van der Waals surface area contributed by atoms with E-state index in [0.717, 1.165) is 12.8 Å². The number of rotatable bonds is 7. The van der Waals surface area contributed by atoms with Gasteiger partial charge in [-0.1, -0.05) is 33.3 Å². The molecule has 0 saturated carbocycles. The van der Waals surface area contributed by atoms with Gasteiger partial charge in [0.15, 0.2) is 5.49 Å². The Morgan fingerprint density at radius 2 is 2.00 bits per heavy atom. The number of aromatic nitrogens is 3. The lowest BCUT2D eigenvalue weighted by Gasteiger charge is -2.15. The Hall–Kier alpha value is -3.29. The standard InChI is InChI=1S/C23H28N4O4/c1-5-7-11-27-20-16(22(29)26-12-9-8-10-18(26)24-20)14-17(23(30)31-6-2)21(27)25-19(28)13-15(3)4/h8-10,12,14-15H,5-7,11,13H2,1-4H3. The van der Waals surface area contributed by atoms with E-state index in [4.69, 9.17) is 4.74 Å². The average molecular weight is 425 g/mol. The molecule has 0 N–H and O–H groups in total. The van der Waals surface area contributed by atoms with Crippen LogP contribution >= 0.6 is 0 Å². The molecule has 0 radical (unpaired) electrons. The van der Waals surface area contributed by atoms with Crippen molar-refractivity contribution in [1.82, 2.24) is 14.0 Å². The largest absolute Gasteiger partial charge is 0.462 e. The van der Waals surface area contributed by atoms with E-state index >= 15 is 0 Å². The van der Waals surface area contributed by atoms with Crippen molar-refractivity contribution in [2.45, 2.75) is 53.5 Å². The summed E-state index contributed by atoms with van der Waals surface area (Å²) in [5.41, 5.74) is 0.869. The molecule has 8 heteroatoms. The van der Waals surface area contributed by atoms with Crippen LogP contribution in [-0.2, 0) is 16.1 Å². The van der Waals surface area contributed by atoms with Crippen molar-refractivity contribution in [2.24, 2.45) is 10.9 Å². The minimum atomic E-state index is -0.622. The third-order valence-corrected chi connectivity index (χ3v) is 4.83. The molecular weight excluding hydrogens is 396 g/mol. The summed E-state index contributed by atoms with van der Waals surface area (Å²) in [7, 11) is 0. The van der Waals surface area contributed by atoms with E-state index in [1.54, 1.807) is 35.9 Å². The van der Waals surface area contributed by atoms with Crippen molar-refractivity contribution in [2.75, 3.05) is 6.61 Å². The van der Waals surface area contributed by atoms with Gasteiger partial charge in [-0.05, 0) is 37.5 Å². The van der Waals surface area contributed by atoms with Gasteiger partial charge < -0.3 is 9.30 Å². The molecule has 0 spiro atoms. The van der Waals surface area contributed by atoms with Crippen LogP contribution < -0.4 is 11.0 Å². The number of fused-ring (bicyclic) bond motifs is 2. The first-order valence-electron chi connectivity index (χ1n) is 10.7. The predicted molar refractivity (Wildman–Crippen MR) is 118 cm³/mol. The van der Waals surface area contributed by atoms with E-state index in [0.29, 0.717) is 17.8 Å². The quantitative estimate of drug-likeness (QED) is 0.429. The Kier molecular flexibility index (Phi) is 6.99. The van der Waals surface area contributed by atoms with Crippen molar-refractivity contribution in [3.8, 4) is 0 Å².